The highest BCUT2D eigenvalue weighted by molar-refractivity contribution is 5.91. The summed E-state index contributed by atoms with van der Waals surface area (Å²) >= 11 is 0. The highest BCUT2D eigenvalue weighted by Gasteiger charge is 2.05. The lowest BCUT2D eigenvalue weighted by atomic mass is 10.2. The van der Waals surface area contributed by atoms with Crippen molar-refractivity contribution >= 4 is 12.0 Å². The molecular weight excluding hydrogens is 210 g/mol. The molecule has 0 fully saturated rings. The van der Waals surface area contributed by atoms with E-state index in [1.807, 2.05) is 36.4 Å². The molecule has 0 aliphatic carbocycles. The Balaban J connectivity index is 2.66. The van der Waals surface area contributed by atoms with Gasteiger partial charge >= 0.3 is 0 Å². The zero-order valence-electron chi connectivity index (χ0n) is 9.88. The summed E-state index contributed by atoms with van der Waals surface area (Å²) in [7, 11) is 0. The Morgan fingerprint density at radius 2 is 1.71 bits per heavy atom. The third-order valence-corrected chi connectivity index (χ3v) is 2.23. The van der Waals surface area contributed by atoms with Crippen LogP contribution in [0.25, 0.3) is 6.08 Å². The monoisotopic (exact) mass is 227 g/mol. The normalized spacial score (nSPS) is 10.1. The first-order valence-corrected chi connectivity index (χ1v) is 5.51. The summed E-state index contributed by atoms with van der Waals surface area (Å²) in [5, 5.41) is 0. The Bertz CT molecular complexity index is 396. The molecule has 88 valence electrons. The van der Waals surface area contributed by atoms with Crippen LogP contribution in [-0.4, -0.2) is 23.9 Å². The molecule has 0 unspecified atom stereocenters. The summed E-state index contributed by atoms with van der Waals surface area (Å²) in [4.78, 5) is 13.5. The fourth-order valence-electron chi connectivity index (χ4n) is 1.40. The van der Waals surface area contributed by atoms with E-state index in [4.69, 9.17) is 0 Å². The van der Waals surface area contributed by atoms with Crippen molar-refractivity contribution in [1.29, 1.82) is 0 Å². The Labute approximate surface area is 103 Å². The van der Waals surface area contributed by atoms with E-state index in [0.29, 0.717) is 13.1 Å². The van der Waals surface area contributed by atoms with Gasteiger partial charge in [-0.1, -0.05) is 42.5 Å². The third kappa shape index (κ3) is 4.51. The standard InChI is InChI=1S/C15H17NO/c1-3-12-16(13-4-2)15(17)11-10-14-8-6-5-7-9-14/h3-11H,1-2,12-13H2/b11-10+. The number of rotatable bonds is 6. The van der Waals surface area contributed by atoms with Crippen LogP contribution in [0.4, 0.5) is 0 Å². The van der Waals surface area contributed by atoms with Gasteiger partial charge in [0.1, 0.15) is 0 Å². The summed E-state index contributed by atoms with van der Waals surface area (Å²) in [6.45, 7) is 8.33. The maximum Gasteiger partial charge on any atom is 0.247 e. The van der Waals surface area contributed by atoms with Gasteiger partial charge in [-0.25, -0.2) is 0 Å². The molecule has 0 atom stereocenters. The average Bonchev–Trinajstić information content (AvgIpc) is 2.37. The average molecular weight is 227 g/mol. The van der Waals surface area contributed by atoms with Gasteiger partial charge in [0.15, 0.2) is 0 Å². The van der Waals surface area contributed by atoms with E-state index < -0.39 is 0 Å². The van der Waals surface area contributed by atoms with Gasteiger partial charge < -0.3 is 4.90 Å². The molecule has 2 heteroatoms. The van der Waals surface area contributed by atoms with Crippen LogP contribution in [0.1, 0.15) is 5.56 Å². The van der Waals surface area contributed by atoms with Crippen LogP contribution < -0.4 is 0 Å². The number of amides is 1. The van der Waals surface area contributed by atoms with Gasteiger partial charge in [0.2, 0.25) is 5.91 Å². The summed E-state index contributed by atoms with van der Waals surface area (Å²) in [6.07, 6.45) is 6.79. The number of hydrogen-bond donors (Lipinski definition) is 0. The van der Waals surface area contributed by atoms with Crippen LogP contribution in [0.15, 0.2) is 61.7 Å². The van der Waals surface area contributed by atoms with E-state index >= 15 is 0 Å². The molecule has 1 aromatic rings. The molecule has 1 aromatic carbocycles. The van der Waals surface area contributed by atoms with Crippen molar-refractivity contribution in [3.63, 3.8) is 0 Å². The lowest BCUT2D eigenvalue weighted by Crippen LogP contribution is -2.29. The molecule has 0 spiro atoms. The predicted octanol–water partition coefficient (Wildman–Crippen LogP) is 2.90. The molecule has 0 heterocycles. The molecule has 0 saturated carbocycles. The highest BCUT2D eigenvalue weighted by Crippen LogP contribution is 2.02. The topological polar surface area (TPSA) is 20.3 Å². The van der Waals surface area contributed by atoms with Gasteiger partial charge in [-0.05, 0) is 11.6 Å². The first-order chi connectivity index (χ1) is 8.27. The van der Waals surface area contributed by atoms with Crippen molar-refractivity contribution in [1.82, 2.24) is 4.90 Å². The molecule has 1 rings (SSSR count). The summed E-state index contributed by atoms with van der Waals surface area (Å²) in [5.41, 5.74) is 1.01. The molecule has 0 bridgehead atoms. The van der Waals surface area contributed by atoms with Crippen LogP contribution in [0.2, 0.25) is 0 Å². The zero-order chi connectivity index (χ0) is 12.5. The van der Waals surface area contributed by atoms with Crippen molar-refractivity contribution in [3.8, 4) is 0 Å². The van der Waals surface area contributed by atoms with Crippen LogP contribution in [0.5, 0.6) is 0 Å². The molecule has 0 aliphatic rings. The molecule has 0 N–H and O–H groups in total. The van der Waals surface area contributed by atoms with Crippen LogP contribution in [0.3, 0.4) is 0 Å². The van der Waals surface area contributed by atoms with Crippen LogP contribution in [-0.2, 0) is 4.79 Å². The Morgan fingerprint density at radius 1 is 1.12 bits per heavy atom. The zero-order valence-corrected chi connectivity index (χ0v) is 9.88. The van der Waals surface area contributed by atoms with Gasteiger partial charge in [0.25, 0.3) is 0 Å². The number of carbonyl (C=O) groups excluding carboxylic acids is 1. The second kappa shape index (κ2) is 7.23. The van der Waals surface area contributed by atoms with Gasteiger partial charge in [0.05, 0.1) is 0 Å². The van der Waals surface area contributed by atoms with E-state index in [2.05, 4.69) is 13.2 Å². The van der Waals surface area contributed by atoms with Gasteiger partial charge in [-0.15, -0.1) is 13.2 Å². The van der Waals surface area contributed by atoms with E-state index in [1.54, 1.807) is 23.1 Å². The molecule has 0 aromatic heterocycles. The number of carbonyl (C=O) groups is 1. The minimum absolute atomic E-state index is 0.0337. The van der Waals surface area contributed by atoms with Crippen molar-refractivity contribution in [2.75, 3.05) is 13.1 Å². The number of hydrogen-bond acceptors (Lipinski definition) is 1. The fourth-order valence-corrected chi connectivity index (χ4v) is 1.40. The fraction of sp³-hybridized carbons (Fsp3) is 0.133. The third-order valence-electron chi connectivity index (χ3n) is 2.23. The molecule has 0 aliphatic heterocycles. The van der Waals surface area contributed by atoms with E-state index in [0.717, 1.165) is 5.56 Å². The van der Waals surface area contributed by atoms with E-state index in [-0.39, 0.29) is 5.91 Å². The van der Waals surface area contributed by atoms with E-state index in [1.165, 1.54) is 0 Å². The predicted molar refractivity (Wildman–Crippen MR) is 72.5 cm³/mol. The van der Waals surface area contributed by atoms with Gasteiger partial charge in [-0.2, -0.15) is 0 Å². The van der Waals surface area contributed by atoms with E-state index in [9.17, 15) is 4.79 Å². The maximum absolute atomic E-state index is 11.8. The maximum atomic E-state index is 11.8. The van der Waals surface area contributed by atoms with Crippen molar-refractivity contribution < 1.29 is 4.79 Å². The first kappa shape index (κ1) is 13.0. The molecule has 2 nitrogen and oxygen atoms in total. The van der Waals surface area contributed by atoms with Crippen molar-refractivity contribution in [3.05, 3.63) is 67.3 Å². The number of nitrogens with zero attached hydrogens (tertiary/aromatic N) is 1. The van der Waals surface area contributed by atoms with Gasteiger partial charge in [0, 0.05) is 19.2 Å². The van der Waals surface area contributed by atoms with Crippen LogP contribution >= 0.6 is 0 Å². The first-order valence-electron chi connectivity index (χ1n) is 5.51. The molecule has 0 saturated heterocycles. The largest absolute Gasteiger partial charge is 0.332 e. The second-order valence-corrected chi connectivity index (χ2v) is 3.56. The van der Waals surface area contributed by atoms with Crippen molar-refractivity contribution in [2.24, 2.45) is 0 Å². The summed E-state index contributed by atoms with van der Waals surface area (Å²) in [6, 6.07) is 9.73. The molecule has 1 amide bonds. The van der Waals surface area contributed by atoms with Crippen molar-refractivity contribution in [2.45, 2.75) is 0 Å². The molecule has 0 radical (unpaired) electrons. The highest BCUT2D eigenvalue weighted by atomic mass is 16.2. The minimum Gasteiger partial charge on any atom is -0.332 e. The summed E-state index contributed by atoms with van der Waals surface area (Å²) in [5.74, 6) is -0.0337. The molecule has 17 heavy (non-hydrogen) atoms. The quantitative estimate of drug-likeness (QED) is 0.540. The smallest absolute Gasteiger partial charge is 0.247 e. The molecular formula is C15H17NO. The Hall–Kier alpha value is -2.09. The van der Waals surface area contributed by atoms with Gasteiger partial charge in [-0.3, -0.25) is 4.79 Å². The SMILES string of the molecule is C=CCN(CC=C)C(=O)/C=C/c1ccccc1. The Kier molecular flexibility index (Phi) is 5.52. The second-order valence-electron chi connectivity index (χ2n) is 3.56. The Morgan fingerprint density at radius 3 is 2.24 bits per heavy atom. The lowest BCUT2D eigenvalue weighted by molar-refractivity contribution is -0.124. The summed E-state index contributed by atoms with van der Waals surface area (Å²) < 4.78 is 0. The minimum atomic E-state index is -0.0337. The van der Waals surface area contributed by atoms with Crippen LogP contribution in [0, 0.1) is 0 Å². The lowest BCUT2D eigenvalue weighted by Gasteiger charge is -2.16. The number of benzene rings is 1.